The summed E-state index contributed by atoms with van der Waals surface area (Å²) in [5, 5.41) is 0. The Bertz CT molecular complexity index is 327. The molecule has 1 aromatic heterocycles. The molecule has 2 atom stereocenters. The van der Waals surface area contributed by atoms with Crippen molar-refractivity contribution in [1.29, 1.82) is 0 Å². The Morgan fingerprint density at radius 3 is 2.60 bits per heavy atom. The predicted octanol–water partition coefficient (Wildman–Crippen LogP) is 2.15. The van der Waals surface area contributed by atoms with Gasteiger partial charge in [-0.25, -0.2) is 4.98 Å². The molecule has 2 unspecified atom stereocenters. The Morgan fingerprint density at radius 2 is 2.00 bits per heavy atom. The molecule has 1 aromatic rings. The van der Waals surface area contributed by atoms with Crippen molar-refractivity contribution >= 4 is 11.5 Å². The molecule has 0 radical (unpaired) electrons. The van der Waals surface area contributed by atoms with Gasteiger partial charge in [0.05, 0.1) is 5.69 Å². The van der Waals surface area contributed by atoms with E-state index in [1.54, 1.807) is 6.20 Å². The molecule has 82 valence electrons. The maximum atomic E-state index is 5.89. The van der Waals surface area contributed by atoms with Crippen LogP contribution in [0, 0.1) is 11.8 Å². The zero-order valence-electron chi connectivity index (χ0n) is 9.48. The number of aromatic nitrogens is 1. The van der Waals surface area contributed by atoms with Crippen LogP contribution in [0.3, 0.4) is 0 Å². The van der Waals surface area contributed by atoms with E-state index in [0.717, 1.165) is 30.6 Å². The summed E-state index contributed by atoms with van der Waals surface area (Å²) < 4.78 is 0. The van der Waals surface area contributed by atoms with E-state index in [4.69, 9.17) is 5.73 Å². The first-order chi connectivity index (χ1) is 7.16. The summed E-state index contributed by atoms with van der Waals surface area (Å²) in [5.41, 5.74) is 6.98. The minimum atomic E-state index is 0.652. The molecule has 0 spiro atoms. The number of nitrogen functional groups attached to an aromatic ring is 1. The summed E-state index contributed by atoms with van der Waals surface area (Å²) in [4.78, 5) is 6.50. The average molecular weight is 205 g/mol. The molecule has 3 heteroatoms. The van der Waals surface area contributed by atoms with E-state index in [9.17, 15) is 0 Å². The predicted molar refractivity (Wildman–Crippen MR) is 63.8 cm³/mol. The number of rotatable bonds is 1. The highest BCUT2D eigenvalue weighted by Crippen LogP contribution is 2.28. The van der Waals surface area contributed by atoms with Gasteiger partial charge in [-0.3, -0.25) is 0 Å². The zero-order valence-corrected chi connectivity index (χ0v) is 9.48. The van der Waals surface area contributed by atoms with Crippen LogP contribution in [0.15, 0.2) is 18.3 Å². The number of piperidine rings is 1. The lowest BCUT2D eigenvalue weighted by atomic mass is 9.91. The number of pyridine rings is 1. The average Bonchev–Trinajstić information content (AvgIpc) is 2.16. The van der Waals surface area contributed by atoms with Crippen molar-refractivity contribution in [2.45, 2.75) is 20.3 Å². The van der Waals surface area contributed by atoms with Crippen LogP contribution in [-0.4, -0.2) is 18.1 Å². The number of anilines is 2. The second-order valence-corrected chi connectivity index (χ2v) is 4.76. The molecule has 1 aliphatic heterocycles. The largest absolute Gasteiger partial charge is 0.382 e. The van der Waals surface area contributed by atoms with Gasteiger partial charge in [0.25, 0.3) is 0 Å². The van der Waals surface area contributed by atoms with Crippen molar-refractivity contribution in [3.63, 3.8) is 0 Å². The van der Waals surface area contributed by atoms with E-state index in [1.807, 2.05) is 6.07 Å². The van der Waals surface area contributed by atoms with Gasteiger partial charge in [-0.05, 0) is 30.4 Å². The van der Waals surface area contributed by atoms with Crippen LogP contribution in [0.2, 0.25) is 0 Å². The van der Waals surface area contributed by atoms with Crippen LogP contribution < -0.4 is 10.6 Å². The number of hydrogen-bond donors (Lipinski definition) is 1. The highest BCUT2D eigenvalue weighted by Gasteiger charge is 2.23. The van der Waals surface area contributed by atoms with E-state index in [-0.39, 0.29) is 0 Å². The van der Waals surface area contributed by atoms with Gasteiger partial charge in [0.1, 0.15) is 5.82 Å². The van der Waals surface area contributed by atoms with Gasteiger partial charge in [-0.1, -0.05) is 13.8 Å². The third-order valence-electron chi connectivity index (χ3n) is 3.03. The normalized spacial score (nSPS) is 26.7. The molecule has 1 aliphatic rings. The molecule has 3 nitrogen and oxygen atoms in total. The Labute approximate surface area is 91.3 Å². The molecular weight excluding hydrogens is 186 g/mol. The van der Waals surface area contributed by atoms with Gasteiger partial charge < -0.3 is 10.6 Å². The molecule has 2 N–H and O–H groups in total. The van der Waals surface area contributed by atoms with Crippen LogP contribution in [0.4, 0.5) is 11.5 Å². The summed E-state index contributed by atoms with van der Waals surface area (Å²) in [6, 6.07) is 4.02. The Balaban J connectivity index is 2.20. The maximum Gasteiger partial charge on any atom is 0.146 e. The SMILES string of the molecule is CC1CC(C)CN(c2cccnc2N)C1. The number of hydrogen-bond acceptors (Lipinski definition) is 3. The van der Waals surface area contributed by atoms with Crippen molar-refractivity contribution in [2.75, 3.05) is 23.7 Å². The van der Waals surface area contributed by atoms with E-state index in [1.165, 1.54) is 6.42 Å². The first-order valence-corrected chi connectivity index (χ1v) is 5.62. The van der Waals surface area contributed by atoms with E-state index < -0.39 is 0 Å². The standard InChI is InChI=1S/C12H19N3/c1-9-6-10(2)8-15(7-9)11-4-3-5-14-12(11)13/h3-5,9-10H,6-8H2,1-2H3,(H2,13,14). The maximum absolute atomic E-state index is 5.89. The molecule has 2 rings (SSSR count). The van der Waals surface area contributed by atoms with Gasteiger partial charge in [-0.2, -0.15) is 0 Å². The lowest BCUT2D eigenvalue weighted by Gasteiger charge is -2.36. The quantitative estimate of drug-likeness (QED) is 0.763. The first kappa shape index (κ1) is 10.3. The van der Waals surface area contributed by atoms with Crippen LogP contribution >= 0.6 is 0 Å². The first-order valence-electron chi connectivity index (χ1n) is 5.62. The van der Waals surface area contributed by atoms with Crippen molar-refractivity contribution in [3.8, 4) is 0 Å². The fourth-order valence-electron chi connectivity index (χ4n) is 2.54. The third kappa shape index (κ3) is 2.22. The summed E-state index contributed by atoms with van der Waals surface area (Å²) in [5.74, 6) is 2.14. The number of nitrogens with zero attached hydrogens (tertiary/aromatic N) is 2. The molecule has 1 saturated heterocycles. The topological polar surface area (TPSA) is 42.2 Å². The fourth-order valence-corrected chi connectivity index (χ4v) is 2.54. The van der Waals surface area contributed by atoms with Gasteiger partial charge >= 0.3 is 0 Å². The smallest absolute Gasteiger partial charge is 0.146 e. The van der Waals surface area contributed by atoms with Crippen LogP contribution in [0.5, 0.6) is 0 Å². The third-order valence-corrected chi connectivity index (χ3v) is 3.03. The summed E-state index contributed by atoms with van der Waals surface area (Å²) in [7, 11) is 0. The molecule has 0 saturated carbocycles. The van der Waals surface area contributed by atoms with Crippen molar-refractivity contribution in [3.05, 3.63) is 18.3 Å². The Kier molecular flexibility index (Phi) is 2.80. The molecule has 2 heterocycles. The Hall–Kier alpha value is -1.25. The molecule has 0 aromatic carbocycles. The monoisotopic (exact) mass is 205 g/mol. The molecule has 0 bridgehead atoms. The second kappa shape index (κ2) is 4.09. The van der Waals surface area contributed by atoms with E-state index in [2.05, 4.69) is 29.8 Å². The van der Waals surface area contributed by atoms with Crippen LogP contribution in [0.1, 0.15) is 20.3 Å². The van der Waals surface area contributed by atoms with Gasteiger partial charge in [0.2, 0.25) is 0 Å². The van der Waals surface area contributed by atoms with Gasteiger partial charge in [0.15, 0.2) is 0 Å². The fraction of sp³-hybridized carbons (Fsp3) is 0.583. The highest BCUT2D eigenvalue weighted by molar-refractivity contribution is 5.63. The highest BCUT2D eigenvalue weighted by atomic mass is 15.2. The van der Waals surface area contributed by atoms with Crippen LogP contribution in [-0.2, 0) is 0 Å². The lowest BCUT2D eigenvalue weighted by Crippen LogP contribution is -2.39. The minimum absolute atomic E-state index is 0.652. The van der Waals surface area contributed by atoms with Crippen molar-refractivity contribution in [1.82, 2.24) is 4.98 Å². The van der Waals surface area contributed by atoms with Crippen molar-refractivity contribution in [2.24, 2.45) is 11.8 Å². The molecule has 1 fully saturated rings. The van der Waals surface area contributed by atoms with Crippen LogP contribution in [0.25, 0.3) is 0 Å². The van der Waals surface area contributed by atoms with Gasteiger partial charge in [-0.15, -0.1) is 0 Å². The minimum Gasteiger partial charge on any atom is -0.382 e. The second-order valence-electron chi connectivity index (χ2n) is 4.76. The zero-order chi connectivity index (χ0) is 10.8. The summed E-state index contributed by atoms with van der Waals surface area (Å²) >= 11 is 0. The van der Waals surface area contributed by atoms with E-state index >= 15 is 0 Å². The Morgan fingerprint density at radius 1 is 1.33 bits per heavy atom. The molecule has 15 heavy (non-hydrogen) atoms. The van der Waals surface area contributed by atoms with E-state index in [0.29, 0.717) is 5.82 Å². The molecular formula is C12H19N3. The molecule has 0 aliphatic carbocycles. The van der Waals surface area contributed by atoms with Gasteiger partial charge in [0, 0.05) is 19.3 Å². The molecule has 0 amide bonds. The summed E-state index contributed by atoms with van der Waals surface area (Å²) in [6.07, 6.45) is 3.06. The summed E-state index contributed by atoms with van der Waals surface area (Å²) in [6.45, 7) is 6.80. The van der Waals surface area contributed by atoms with Crippen molar-refractivity contribution < 1.29 is 0 Å². The lowest BCUT2D eigenvalue weighted by molar-refractivity contribution is 0.357. The number of nitrogens with two attached hydrogens (primary N) is 1.